The number of nitrogens with one attached hydrogen (secondary N) is 1. The number of carboxylic acid groups (broad SMARTS) is 1. The number of aryl methyl sites for hydroxylation is 1. The van der Waals surface area contributed by atoms with Crippen molar-refractivity contribution in [2.75, 3.05) is 31.6 Å². The highest BCUT2D eigenvalue weighted by Crippen LogP contribution is 2.28. The molecule has 0 spiro atoms. The van der Waals surface area contributed by atoms with Crippen LogP contribution in [0, 0.1) is 12.8 Å². The molecule has 156 valence electrons. The predicted molar refractivity (Wildman–Crippen MR) is 118 cm³/mol. The highest BCUT2D eigenvalue weighted by atomic mass is 16.5. The van der Waals surface area contributed by atoms with E-state index in [9.17, 15) is 4.79 Å². The number of fused-ring (bicyclic) bond motifs is 1. The van der Waals surface area contributed by atoms with Crippen LogP contribution in [0.15, 0.2) is 54.6 Å². The number of carboxylic acids is 1. The van der Waals surface area contributed by atoms with Gasteiger partial charge in [0.2, 0.25) is 0 Å². The van der Waals surface area contributed by atoms with Crippen LogP contribution in [0.1, 0.15) is 18.5 Å². The molecule has 1 aliphatic rings. The number of rotatable bonds is 7. The van der Waals surface area contributed by atoms with Crippen LogP contribution in [0.25, 0.3) is 10.9 Å². The highest BCUT2D eigenvalue weighted by Gasteiger charge is 2.24. The molecule has 6 heteroatoms. The fourth-order valence-corrected chi connectivity index (χ4v) is 3.93. The fraction of sp³-hybridized carbons (Fsp3) is 0.333. The zero-order valence-electron chi connectivity index (χ0n) is 17.2. The van der Waals surface area contributed by atoms with Gasteiger partial charge in [-0.2, -0.15) is 0 Å². The Bertz CT molecular complexity index is 1030. The smallest absolute Gasteiger partial charge is 0.306 e. The molecule has 0 unspecified atom stereocenters. The standard InChI is InChI=1S/C24H27N3O3/c1-17-15-23(21-7-2-3-8-22(21)25-17)26-19-5-4-6-20(16-19)30-14-13-27-11-9-18(10-12-27)24(28)29/h2-8,15-16,18H,9-14H2,1H3,(H,25,26)(H,28,29). The van der Waals surface area contributed by atoms with Gasteiger partial charge < -0.3 is 15.2 Å². The molecule has 3 aromatic rings. The molecule has 1 saturated heterocycles. The molecular formula is C24H27N3O3. The van der Waals surface area contributed by atoms with Crippen LogP contribution in [-0.2, 0) is 4.79 Å². The zero-order chi connectivity index (χ0) is 20.9. The van der Waals surface area contributed by atoms with Gasteiger partial charge in [0.15, 0.2) is 0 Å². The van der Waals surface area contributed by atoms with E-state index in [0.717, 1.165) is 53.4 Å². The number of aliphatic carboxylic acids is 1. The lowest BCUT2D eigenvalue weighted by atomic mass is 9.97. The maximum atomic E-state index is 11.1. The molecule has 4 rings (SSSR count). The van der Waals surface area contributed by atoms with Gasteiger partial charge in [-0.1, -0.05) is 24.3 Å². The van der Waals surface area contributed by atoms with Crippen molar-refractivity contribution in [2.24, 2.45) is 5.92 Å². The Kier molecular flexibility index (Phi) is 6.14. The van der Waals surface area contributed by atoms with Gasteiger partial charge in [-0.25, -0.2) is 0 Å². The number of para-hydroxylation sites is 1. The van der Waals surface area contributed by atoms with E-state index < -0.39 is 5.97 Å². The molecule has 2 N–H and O–H groups in total. The minimum absolute atomic E-state index is 0.196. The summed E-state index contributed by atoms with van der Waals surface area (Å²) in [6.07, 6.45) is 1.43. The Hall–Kier alpha value is -3.12. The number of likely N-dealkylation sites (tertiary alicyclic amines) is 1. The summed E-state index contributed by atoms with van der Waals surface area (Å²) >= 11 is 0. The van der Waals surface area contributed by atoms with E-state index in [1.54, 1.807) is 0 Å². The monoisotopic (exact) mass is 405 g/mol. The fourth-order valence-electron chi connectivity index (χ4n) is 3.93. The Morgan fingerprint density at radius 3 is 2.77 bits per heavy atom. The first-order valence-electron chi connectivity index (χ1n) is 10.4. The van der Waals surface area contributed by atoms with E-state index in [0.29, 0.717) is 19.4 Å². The molecule has 0 bridgehead atoms. The first-order valence-corrected chi connectivity index (χ1v) is 10.4. The Balaban J connectivity index is 1.35. The molecule has 0 radical (unpaired) electrons. The molecule has 30 heavy (non-hydrogen) atoms. The van der Waals surface area contributed by atoms with Crippen LogP contribution < -0.4 is 10.1 Å². The molecule has 0 aliphatic carbocycles. The lowest BCUT2D eigenvalue weighted by Gasteiger charge is -2.29. The third kappa shape index (κ3) is 4.89. The summed E-state index contributed by atoms with van der Waals surface area (Å²) in [6.45, 7) is 5.01. The molecule has 0 saturated carbocycles. The zero-order valence-corrected chi connectivity index (χ0v) is 17.2. The molecule has 2 aromatic carbocycles. The van der Waals surface area contributed by atoms with Crippen LogP contribution in [0.5, 0.6) is 5.75 Å². The molecule has 1 fully saturated rings. The number of carbonyl (C=O) groups is 1. The number of hydrogen-bond acceptors (Lipinski definition) is 5. The third-order valence-electron chi connectivity index (χ3n) is 5.57. The van der Waals surface area contributed by atoms with Crippen molar-refractivity contribution in [1.82, 2.24) is 9.88 Å². The van der Waals surface area contributed by atoms with Gasteiger partial charge >= 0.3 is 5.97 Å². The second-order valence-corrected chi connectivity index (χ2v) is 7.78. The SMILES string of the molecule is Cc1cc(Nc2cccc(OCCN3CCC(C(=O)O)CC3)c2)c2ccccc2n1. The second-order valence-electron chi connectivity index (χ2n) is 7.78. The van der Waals surface area contributed by atoms with Crippen molar-refractivity contribution in [3.05, 3.63) is 60.3 Å². The van der Waals surface area contributed by atoms with Gasteiger partial charge in [0.05, 0.1) is 11.4 Å². The quantitative estimate of drug-likeness (QED) is 0.604. The number of piperidine rings is 1. The van der Waals surface area contributed by atoms with Crippen molar-refractivity contribution in [3.63, 3.8) is 0 Å². The third-order valence-corrected chi connectivity index (χ3v) is 5.57. The molecular weight excluding hydrogens is 378 g/mol. The van der Waals surface area contributed by atoms with Gasteiger partial charge in [0, 0.05) is 35.1 Å². The van der Waals surface area contributed by atoms with Crippen LogP contribution in [0.3, 0.4) is 0 Å². The van der Waals surface area contributed by atoms with Crippen LogP contribution in [0.2, 0.25) is 0 Å². The maximum Gasteiger partial charge on any atom is 0.306 e. The van der Waals surface area contributed by atoms with Crippen LogP contribution in [-0.4, -0.2) is 47.2 Å². The Labute approximate surface area is 176 Å². The van der Waals surface area contributed by atoms with Crippen LogP contribution >= 0.6 is 0 Å². The number of hydrogen-bond donors (Lipinski definition) is 2. The first-order chi connectivity index (χ1) is 14.6. The number of nitrogens with zero attached hydrogens (tertiary/aromatic N) is 2. The maximum absolute atomic E-state index is 11.1. The summed E-state index contributed by atoms with van der Waals surface area (Å²) in [5, 5.41) is 13.7. The Morgan fingerprint density at radius 1 is 1.17 bits per heavy atom. The van der Waals surface area contributed by atoms with Crippen molar-refractivity contribution in [1.29, 1.82) is 0 Å². The summed E-state index contributed by atoms with van der Waals surface area (Å²) in [4.78, 5) is 17.9. The summed E-state index contributed by atoms with van der Waals surface area (Å²) in [5.74, 6) is -0.0549. The van der Waals surface area contributed by atoms with Gasteiger partial charge in [0.25, 0.3) is 0 Å². The lowest BCUT2D eigenvalue weighted by Crippen LogP contribution is -2.38. The number of ether oxygens (including phenoxy) is 1. The van der Waals surface area contributed by atoms with Gasteiger partial charge in [-0.05, 0) is 57.1 Å². The molecule has 2 heterocycles. The molecule has 1 aliphatic heterocycles. The highest BCUT2D eigenvalue weighted by molar-refractivity contribution is 5.93. The molecule has 6 nitrogen and oxygen atoms in total. The van der Waals surface area contributed by atoms with Gasteiger partial charge in [0.1, 0.15) is 12.4 Å². The summed E-state index contributed by atoms with van der Waals surface area (Å²) in [6, 6.07) is 18.1. The number of benzene rings is 2. The number of anilines is 2. The topological polar surface area (TPSA) is 74.7 Å². The van der Waals surface area contributed by atoms with E-state index in [4.69, 9.17) is 9.84 Å². The largest absolute Gasteiger partial charge is 0.492 e. The number of pyridine rings is 1. The minimum atomic E-state index is -0.674. The van der Waals surface area contributed by atoms with Crippen molar-refractivity contribution >= 4 is 28.2 Å². The van der Waals surface area contributed by atoms with Crippen molar-refractivity contribution < 1.29 is 14.6 Å². The molecule has 0 amide bonds. The van der Waals surface area contributed by atoms with E-state index >= 15 is 0 Å². The van der Waals surface area contributed by atoms with E-state index in [1.165, 1.54) is 0 Å². The summed E-state index contributed by atoms with van der Waals surface area (Å²) in [5.41, 5.74) is 3.93. The van der Waals surface area contributed by atoms with Crippen LogP contribution in [0.4, 0.5) is 11.4 Å². The second kappa shape index (κ2) is 9.13. The summed E-state index contributed by atoms with van der Waals surface area (Å²) < 4.78 is 5.96. The molecule has 0 atom stereocenters. The average Bonchev–Trinajstić information content (AvgIpc) is 2.74. The van der Waals surface area contributed by atoms with Gasteiger partial charge in [-0.15, -0.1) is 0 Å². The lowest BCUT2D eigenvalue weighted by molar-refractivity contribution is -0.143. The number of aromatic nitrogens is 1. The first kappa shape index (κ1) is 20.2. The van der Waals surface area contributed by atoms with E-state index in [1.807, 2.05) is 49.4 Å². The minimum Gasteiger partial charge on any atom is -0.492 e. The van der Waals surface area contributed by atoms with Gasteiger partial charge in [-0.3, -0.25) is 14.7 Å². The summed E-state index contributed by atoms with van der Waals surface area (Å²) in [7, 11) is 0. The average molecular weight is 405 g/mol. The van der Waals surface area contributed by atoms with Crippen molar-refractivity contribution in [2.45, 2.75) is 19.8 Å². The normalized spacial score (nSPS) is 15.2. The Morgan fingerprint density at radius 2 is 1.97 bits per heavy atom. The molecule has 1 aromatic heterocycles. The van der Waals surface area contributed by atoms with E-state index in [-0.39, 0.29) is 5.92 Å². The van der Waals surface area contributed by atoms with Crippen molar-refractivity contribution in [3.8, 4) is 5.75 Å². The predicted octanol–water partition coefficient (Wildman–Crippen LogP) is 4.46. The van der Waals surface area contributed by atoms with E-state index in [2.05, 4.69) is 27.3 Å².